The fourth-order valence-electron chi connectivity index (χ4n) is 2.10. The summed E-state index contributed by atoms with van der Waals surface area (Å²) in [6.07, 6.45) is -0.328. The molecule has 2 rings (SSSR count). The number of nitro benzene ring substituents is 2. The van der Waals surface area contributed by atoms with Crippen molar-refractivity contribution in [2.24, 2.45) is 5.10 Å². The molecule has 2 aromatic rings. The van der Waals surface area contributed by atoms with Crippen LogP contribution in [0.15, 0.2) is 52.0 Å². The van der Waals surface area contributed by atoms with Crippen molar-refractivity contribution >= 4 is 38.9 Å². The van der Waals surface area contributed by atoms with Crippen LogP contribution in [0.1, 0.15) is 18.1 Å². The highest BCUT2D eigenvalue weighted by molar-refractivity contribution is 9.10. The van der Waals surface area contributed by atoms with E-state index in [-0.39, 0.29) is 12.0 Å². The predicted octanol–water partition coefficient (Wildman–Crippen LogP) is 3.35. The van der Waals surface area contributed by atoms with Gasteiger partial charge in [0, 0.05) is 16.1 Å². The molecule has 1 amide bonds. The molecule has 0 unspecified atom stereocenters. The molecule has 1 N–H and O–H groups in total. The van der Waals surface area contributed by atoms with Crippen molar-refractivity contribution in [2.75, 3.05) is 0 Å². The summed E-state index contributed by atoms with van der Waals surface area (Å²) in [5.74, 6) is -0.571. The summed E-state index contributed by atoms with van der Waals surface area (Å²) in [5.41, 5.74) is 2.86. The number of carbonyl (C=O) groups is 1. The first-order valence-corrected chi connectivity index (χ1v) is 8.08. The lowest BCUT2D eigenvalue weighted by Gasteiger charge is -2.04. The van der Waals surface area contributed by atoms with E-state index in [1.54, 1.807) is 6.92 Å². The minimum absolute atomic E-state index is 0.0644. The number of nitrogens with zero attached hydrogens (tertiary/aromatic N) is 3. The first kappa shape index (κ1) is 19.2. The number of hydrogen-bond donors (Lipinski definition) is 1. The molecular weight excluding hydrogens is 408 g/mol. The maximum Gasteiger partial charge on any atom is 0.279 e. The summed E-state index contributed by atoms with van der Waals surface area (Å²) in [6.45, 7) is 1.71. The summed E-state index contributed by atoms with van der Waals surface area (Å²) in [6, 6.07) is 10.4. The van der Waals surface area contributed by atoms with Crippen molar-refractivity contribution < 1.29 is 14.6 Å². The maximum absolute atomic E-state index is 12.0. The number of carbonyl (C=O) groups excluding carboxylic acids is 1. The largest absolute Gasteiger partial charge is 0.279 e. The molecule has 0 bridgehead atoms. The van der Waals surface area contributed by atoms with Crippen molar-refractivity contribution in [3.05, 3.63) is 78.3 Å². The van der Waals surface area contributed by atoms with Crippen LogP contribution >= 0.6 is 15.9 Å². The Morgan fingerprint density at radius 3 is 2.35 bits per heavy atom. The lowest BCUT2D eigenvalue weighted by atomic mass is 10.1. The van der Waals surface area contributed by atoms with Gasteiger partial charge >= 0.3 is 0 Å². The molecule has 26 heavy (non-hydrogen) atoms. The normalized spacial score (nSPS) is 11.1. The number of hydrogen-bond acceptors (Lipinski definition) is 6. The topological polar surface area (TPSA) is 128 Å². The molecule has 10 heteroatoms. The fourth-order valence-corrected chi connectivity index (χ4v) is 2.36. The van der Waals surface area contributed by atoms with Gasteiger partial charge in [-0.3, -0.25) is 25.0 Å². The molecule has 0 radical (unpaired) electrons. The smallest absolute Gasteiger partial charge is 0.273 e. The van der Waals surface area contributed by atoms with E-state index >= 15 is 0 Å². The van der Waals surface area contributed by atoms with Crippen LogP contribution in [0.2, 0.25) is 0 Å². The average Bonchev–Trinajstić information content (AvgIpc) is 2.60. The Morgan fingerprint density at radius 2 is 1.77 bits per heavy atom. The van der Waals surface area contributed by atoms with Crippen molar-refractivity contribution in [3.8, 4) is 0 Å². The zero-order valence-electron chi connectivity index (χ0n) is 13.5. The third-order valence-corrected chi connectivity index (χ3v) is 3.97. The fraction of sp³-hybridized carbons (Fsp3) is 0.125. The second-order valence-corrected chi connectivity index (χ2v) is 6.16. The summed E-state index contributed by atoms with van der Waals surface area (Å²) >= 11 is 3.32. The summed E-state index contributed by atoms with van der Waals surface area (Å²) in [4.78, 5) is 32.3. The van der Waals surface area contributed by atoms with Crippen LogP contribution in [0.4, 0.5) is 11.4 Å². The minimum atomic E-state index is -0.758. The van der Waals surface area contributed by atoms with Crippen LogP contribution in [0.3, 0.4) is 0 Å². The average molecular weight is 421 g/mol. The summed E-state index contributed by atoms with van der Waals surface area (Å²) in [5, 5.41) is 25.8. The molecular formula is C16H13BrN4O5. The quantitative estimate of drug-likeness (QED) is 0.435. The number of nitrogens with one attached hydrogen (secondary N) is 1. The minimum Gasteiger partial charge on any atom is -0.273 e. The highest BCUT2D eigenvalue weighted by Crippen LogP contribution is 2.25. The van der Waals surface area contributed by atoms with Crippen LogP contribution in [0.5, 0.6) is 0 Å². The highest BCUT2D eigenvalue weighted by atomic mass is 79.9. The molecule has 0 aliphatic rings. The molecule has 0 fully saturated rings. The monoisotopic (exact) mass is 420 g/mol. The Kier molecular flexibility index (Phi) is 6.12. The molecule has 134 valence electrons. The SMILES string of the molecule is C/C(=N/NC(=O)Cc1ccc([N+](=O)[O-])cc1[N+](=O)[O-])c1ccc(Br)cc1. The maximum atomic E-state index is 12.0. The second-order valence-electron chi connectivity index (χ2n) is 5.24. The van der Waals surface area contributed by atoms with Gasteiger partial charge in [0.25, 0.3) is 11.4 Å². The molecule has 2 aromatic carbocycles. The Labute approximate surface area is 156 Å². The molecule has 0 aliphatic heterocycles. The van der Waals surface area contributed by atoms with Gasteiger partial charge < -0.3 is 0 Å². The molecule has 0 heterocycles. The van der Waals surface area contributed by atoms with E-state index in [9.17, 15) is 25.0 Å². The van der Waals surface area contributed by atoms with Gasteiger partial charge in [0.1, 0.15) is 0 Å². The van der Waals surface area contributed by atoms with Crippen LogP contribution < -0.4 is 5.43 Å². The van der Waals surface area contributed by atoms with Gasteiger partial charge in [0.05, 0.1) is 28.0 Å². The molecule has 9 nitrogen and oxygen atoms in total. The number of hydrazone groups is 1. The third kappa shape index (κ3) is 4.93. The van der Waals surface area contributed by atoms with E-state index in [1.807, 2.05) is 24.3 Å². The molecule has 0 aromatic heterocycles. The zero-order chi connectivity index (χ0) is 19.3. The van der Waals surface area contributed by atoms with E-state index in [0.29, 0.717) is 5.71 Å². The number of amides is 1. The van der Waals surface area contributed by atoms with E-state index in [0.717, 1.165) is 22.2 Å². The van der Waals surface area contributed by atoms with Crippen LogP contribution in [0.25, 0.3) is 0 Å². The summed E-state index contributed by atoms with van der Waals surface area (Å²) < 4.78 is 0.906. The summed E-state index contributed by atoms with van der Waals surface area (Å²) in [7, 11) is 0. The zero-order valence-corrected chi connectivity index (χ0v) is 15.1. The number of halogens is 1. The first-order valence-electron chi connectivity index (χ1n) is 7.28. The lowest BCUT2D eigenvalue weighted by molar-refractivity contribution is -0.394. The van der Waals surface area contributed by atoms with Crippen LogP contribution in [-0.2, 0) is 11.2 Å². The van der Waals surface area contributed by atoms with Gasteiger partial charge in [-0.15, -0.1) is 0 Å². The van der Waals surface area contributed by atoms with Gasteiger partial charge in [-0.2, -0.15) is 5.10 Å². The van der Waals surface area contributed by atoms with Gasteiger partial charge in [-0.1, -0.05) is 28.1 Å². The van der Waals surface area contributed by atoms with Crippen LogP contribution in [-0.4, -0.2) is 21.5 Å². The van der Waals surface area contributed by atoms with Crippen LogP contribution in [0, 0.1) is 20.2 Å². The Bertz CT molecular complexity index is 896. The predicted molar refractivity (Wildman–Crippen MR) is 98.0 cm³/mol. The van der Waals surface area contributed by atoms with E-state index < -0.39 is 27.1 Å². The molecule has 0 saturated carbocycles. The van der Waals surface area contributed by atoms with E-state index in [4.69, 9.17) is 0 Å². The van der Waals surface area contributed by atoms with Gasteiger partial charge in [0.15, 0.2) is 0 Å². The number of benzene rings is 2. The van der Waals surface area contributed by atoms with Crippen molar-refractivity contribution in [2.45, 2.75) is 13.3 Å². The second kappa shape index (κ2) is 8.30. The molecule has 0 atom stereocenters. The number of rotatable bonds is 6. The van der Waals surface area contributed by atoms with Gasteiger partial charge in [-0.25, -0.2) is 5.43 Å². The van der Waals surface area contributed by atoms with Crippen molar-refractivity contribution in [3.63, 3.8) is 0 Å². The Balaban J connectivity index is 2.12. The van der Waals surface area contributed by atoms with Crippen molar-refractivity contribution in [1.82, 2.24) is 5.43 Å². The molecule has 0 aliphatic carbocycles. The van der Waals surface area contributed by atoms with Crippen molar-refractivity contribution in [1.29, 1.82) is 0 Å². The van der Waals surface area contributed by atoms with E-state index in [2.05, 4.69) is 26.5 Å². The Morgan fingerprint density at radius 1 is 1.12 bits per heavy atom. The first-order chi connectivity index (χ1) is 12.3. The van der Waals surface area contributed by atoms with Gasteiger partial charge in [0.2, 0.25) is 5.91 Å². The standard InChI is InChI=1S/C16H13BrN4O5/c1-10(11-2-5-13(17)6-3-11)18-19-16(22)8-12-4-7-14(20(23)24)9-15(12)21(25)26/h2-7,9H,8H2,1H3,(H,19,22)/b18-10-. The third-order valence-electron chi connectivity index (χ3n) is 3.44. The lowest BCUT2D eigenvalue weighted by Crippen LogP contribution is -2.21. The number of nitro groups is 2. The molecule has 0 saturated heterocycles. The number of non-ortho nitro benzene ring substituents is 1. The molecule has 0 spiro atoms. The highest BCUT2D eigenvalue weighted by Gasteiger charge is 2.21. The van der Waals surface area contributed by atoms with E-state index in [1.165, 1.54) is 6.07 Å². The van der Waals surface area contributed by atoms with Gasteiger partial charge in [-0.05, 0) is 30.7 Å². The Hall–Kier alpha value is -3.14.